The highest BCUT2D eigenvalue weighted by atomic mass is 19.3. The fourth-order valence-electron chi connectivity index (χ4n) is 1.57. The lowest BCUT2D eigenvalue weighted by Crippen LogP contribution is -2.41. The van der Waals surface area contributed by atoms with E-state index in [1.165, 1.54) is 7.11 Å². The molecule has 18 heavy (non-hydrogen) atoms. The van der Waals surface area contributed by atoms with Crippen molar-refractivity contribution in [2.75, 3.05) is 26.8 Å². The Hall–Kier alpha value is -1.11. The van der Waals surface area contributed by atoms with Crippen LogP contribution in [0.15, 0.2) is 18.3 Å². The van der Waals surface area contributed by atoms with Gasteiger partial charge in [0.15, 0.2) is 0 Å². The van der Waals surface area contributed by atoms with Gasteiger partial charge in [0.1, 0.15) is 0 Å². The zero-order chi connectivity index (χ0) is 13.6. The van der Waals surface area contributed by atoms with Gasteiger partial charge in [0.25, 0.3) is 5.92 Å². The summed E-state index contributed by atoms with van der Waals surface area (Å²) in [6.45, 7) is 1.01. The third kappa shape index (κ3) is 4.64. The summed E-state index contributed by atoms with van der Waals surface area (Å²) in [5, 5.41) is 2.77. The van der Waals surface area contributed by atoms with E-state index in [1.54, 1.807) is 12.3 Å². The van der Waals surface area contributed by atoms with Gasteiger partial charge in [-0.05, 0) is 24.6 Å². The van der Waals surface area contributed by atoms with Crippen LogP contribution in [0.25, 0.3) is 0 Å². The molecule has 1 aromatic heterocycles. The molecule has 0 saturated heterocycles. The Labute approximate surface area is 106 Å². The lowest BCUT2D eigenvalue weighted by molar-refractivity contribution is 0.00618. The first-order valence-electron chi connectivity index (χ1n) is 5.71. The Morgan fingerprint density at radius 3 is 2.83 bits per heavy atom. The van der Waals surface area contributed by atoms with E-state index in [0.29, 0.717) is 6.61 Å². The molecule has 4 nitrogen and oxygen atoms in total. The number of hydrogen-bond donors (Lipinski definition) is 2. The lowest BCUT2D eigenvalue weighted by Gasteiger charge is -2.22. The Bertz CT molecular complexity index is 374. The molecule has 0 amide bonds. The van der Waals surface area contributed by atoms with E-state index >= 15 is 0 Å². The number of nitrogens with zero attached hydrogens (tertiary/aromatic N) is 1. The second-order valence-corrected chi connectivity index (χ2v) is 4.18. The quantitative estimate of drug-likeness (QED) is 0.774. The normalized spacial score (nSPS) is 13.6. The largest absolute Gasteiger partial charge is 0.383 e. The molecule has 0 fully saturated rings. The Kier molecular flexibility index (Phi) is 5.58. The van der Waals surface area contributed by atoms with Crippen LogP contribution in [0, 0.1) is 6.92 Å². The number of methoxy groups -OCH3 is 1. The zero-order valence-corrected chi connectivity index (χ0v) is 10.6. The molecule has 102 valence electrons. The summed E-state index contributed by atoms with van der Waals surface area (Å²) < 4.78 is 31.3. The van der Waals surface area contributed by atoms with Crippen molar-refractivity contribution in [2.45, 2.75) is 18.9 Å². The van der Waals surface area contributed by atoms with Crippen LogP contribution in [0.1, 0.15) is 17.3 Å². The molecule has 0 aliphatic carbocycles. The van der Waals surface area contributed by atoms with E-state index in [-0.39, 0.29) is 6.04 Å². The maximum Gasteiger partial charge on any atom is 0.272 e. The number of alkyl halides is 2. The second-order valence-electron chi connectivity index (χ2n) is 4.18. The first-order chi connectivity index (χ1) is 8.48. The SMILES string of the molecule is COCC(NCC(F)(F)CN)c1ccnc(C)c1. The molecular formula is C12H19F2N3O. The number of pyridine rings is 1. The van der Waals surface area contributed by atoms with Gasteiger partial charge in [-0.15, -0.1) is 0 Å². The summed E-state index contributed by atoms with van der Waals surface area (Å²) in [4.78, 5) is 4.07. The van der Waals surface area contributed by atoms with Crippen LogP contribution in [-0.4, -0.2) is 37.7 Å². The number of halogens is 2. The first kappa shape index (κ1) is 14.9. The van der Waals surface area contributed by atoms with E-state index in [1.807, 2.05) is 13.0 Å². The monoisotopic (exact) mass is 259 g/mol. The van der Waals surface area contributed by atoms with Crippen molar-refractivity contribution in [3.05, 3.63) is 29.6 Å². The first-order valence-corrected chi connectivity index (χ1v) is 5.71. The van der Waals surface area contributed by atoms with Crippen LogP contribution in [0.5, 0.6) is 0 Å². The molecule has 0 aromatic carbocycles. The van der Waals surface area contributed by atoms with Gasteiger partial charge < -0.3 is 15.8 Å². The molecule has 0 saturated carbocycles. The second kappa shape index (κ2) is 6.72. The average molecular weight is 259 g/mol. The van der Waals surface area contributed by atoms with E-state index in [0.717, 1.165) is 11.3 Å². The molecule has 3 N–H and O–H groups in total. The highest BCUT2D eigenvalue weighted by Gasteiger charge is 2.27. The number of hydrogen-bond acceptors (Lipinski definition) is 4. The molecule has 0 aliphatic heterocycles. The predicted octanol–water partition coefficient (Wildman–Crippen LogP) is 1.26. The van der Waals surface area contributed by atoms with Crippen LogP contribution in [-0.2, 0) is 4.74 Å². The number of ether oxygens (including phenoxy) is 1. The van der Waals surface area contributed by atoms with Gasteiger partial charge in [0.2, 0.25) is 0 Å². The average Bonchev–Trinajstić information content (AvgIpc) is 2.34. The van der Waals surface area contributed by atoms with Gasteiger partial charge in [0.05, 0.1) is 25.7 Å². The van der Waals surface area contributed by atoms with E-state index in [4.69, 9.17) is 10.5 Å². The van der Waals surface area contributed by atoms with E-state index in [2.05, 4.69) is 10.3 Å². The Morgan fingerprint density at radius 1 is 1.56 bits per heavy atom. The van der Waals surface area contributed by atoms with Crippen molar-refractivity contribution >= 4 is 0 Å². The van der Waals surface area contributed by atoms with Gasteiger partial charge >= 0.3 is 0 Å². The summed E-state index contributed by atoms with van der Waals surface area (Å²) in [7, 11) is 1.53. The third-order valence-electron chi connectivity index (χ3n) is 2.56. The molecule has 0 spiro atoms. The minimum absolute atomic E-state index is 0.297. The molecule has 0 radical (unpaired) electrons. The fraction of sp³-hybridized carbons (Fsp3) is 0.583. The molecule has 6 heteroatoms. The Morgan fingerprint density at radius 2 is 2.28 bits per heavy atom. The molecule has 0 aliphatic rings. The van der Waals surface area contributed by atoms with Crippen LogP contribution in [0.3, 0.4) is 0 Å². The minimum atomic E-state index is -2.91. The molecule has 1 unspecified atom stereocenters. The van der Waals surface area contributed by atoms with Crippen LogP contribution < -0.4 is 11.1 Å². The van der Waals surface area contributed by atoms with Gasteiger partial charge in [-0.2, -0.15) is 0 Å². The van der Waals surface area contributed by atoms with Crippen molar-refractivity contribution in [3.8, 4) is 0 Å². The number of aromatic nitrogens is 1. The summed E-state index contributed by atoms with van der Waals surface area (Å²) >= 11 is 0. The van der Waals surface area contributed by atoms with Crippen molar-refractivity contribution < 1.29 is 13.5 Å². The molecule has 1 rings (SSSR count). The maximum atomic E-state index is 13.1. The topological polar surface area (TPSA) is 60.2 Å². The molecule has 1 heterocycles. The van der Waals surface area contributed by atoms with Crippen LogP contribution in [0.4, 0.5) is 8.78 Å². The van der Waals surface area contributed by atoms with Crippen molar-refractivity contribution in [2.24, 2.45) is 5.73 Å². The minimum Gasteiger partial charge on any atom is -0.383 e. The van der Waals surface area contributed by atoms with Gasteiger partial charge in [-0.25, -0.2) is 8.78 Å². The fourth-order valence-corrected chi connectivity index (χ4v) is 1.57. The van der Waals surface area contributed by atoms with Crippen molar-refractivity contribution in [3.63, 3.8) is 0 Å². The number of aryl methyl sites for hydroxylation is 1. The van der Waals surface area contributed by atoms with Gasteiger partial charge in [-0.1, -0.05) is 0 Å². The number of rotatable bonds is 7. The van der Waals surface area contributed by atoms with Crippen molar-refractivity contribution in [1.82, 2.24) is 10.3 Å². The summed E-state index contributed by atoms with van der Waals surface area (Å²) in [5.41, 5.74) is 6.70. The lowest BCUT2D eigenvalue weighted by atomic mass is 10.1. The van der Waals surface area contributed by atoms with E-state index < -0.39 is 19.0 Å². The summed E-state index contributed by atoms with van der Waals surface area (Å²) in [6.07, 6.45) is 1.65. The van der Waals surface area contributed by atoms with Crippen LogP contribution >= 0.6 is 0 Å². The van der Waals surface area contributed by atoms with Gasteiger partial charge in [0, 0.05) is 19.0 Å². The van der Waals surface area contributed by atoms with E-state index in [9.17, 15) is 8.78 Å². The highest BCUT2D eigenvalue weighted by Crippen LogP contribution is 2.16. The third-order valence-corrected chi connectivity index (χ3v) is 2.56. The van der Waals surface area contributed by atoms with Crippen molar-refractivity contribution in [1.29, 1.82) is 0 Å². The zero-order valence-electron chi connectivity index (χ0n) is 10.6. The molecule has 1 atom stereocenters. The highest BCUT2D eigenvalue weighted by molar-refractivity contribution is 5.19. The molecule has 0 bridgehead atoms. The maximum absolute atomic E-state index is 13.1. The Balaban J connectivity index is 2.71. The predicted molar refractivity (Wildman–Crippen MR) is 65.6 cm³/mol. The summed E-state index contributed by atoms with van der Waals surface area (Å²) in [6, 6.07) is 3.33. The summed E-state index contributed by atoms with van der Waals surface area (Å²) in [5.74, 6) is -2.91. The molecular weight excluding hydrogens is 240 g/mol. The van der Waals surface area contributed by atoms with Gasteiger partial charge in [-0.3, -0.25) is 4.98 Å². The molecule has 1 aromatic rings. The smallest absolute Gasteiger partial charge is 0.272 e. The van der Waals surface area contributed by atoms with Crippen LogP contribution in [0.2, 0.25) is 0 Å². The number of nitrogens with one attached hydrogen (secondary N) is 1. The standard InChI is InChI=1S/C12H19F2N3O/c1-9-5-10(3-4-16-9)11(6-18-2)17-8-12(13,14)7-15/h3-5,11,17H,6-8,15H2,1-2H3. The number of nitrogens with two attached hydrogens (primary N) is 1.